The highest BCUT2D eigenvalue weighted by Gasteiger charge is 2.23. The van der Waals surface area contributed by atoms with Gasteiger partial charge in [0.2, 0.25) is 17.6 Å². The van der Waals surface area contributed by atoms with Crippen LogP contribution in [0.15, 0.2) is 28.1 Å². The Kier molecular flexibility index (Phi) is 6.14. The van der Waals surface area contributed by atoms with Crippen LogP contribution in [0.25, 0.3) is 16.5 Å². The molecule has 1 aliphatic rings. The molecule has 1 fully saturated rings. The number of carbonyl (C=O) groups is 1. The highest BCUT2D eigenvalue weighted by Crippen LogP contribution is 2.21. The molecule has 1 amide bonds. The molecule has 1 aliphatic heterocycles. The van der Waals surface area contributed by atoms with Gasteiger partial charge in [-0.15, -0.1) is 16.4 Å². The van der Waals surface area contributed by atoms with Crippen LogP contribution in [0.1, 0.15) is 29.5 Å². The molecule has 0 bridgehead atoms. The number of amides is 1. The first-order valence-corrected chi connectivity index (χ1v) is 12.0. The predicted molar refractivity (Wildman–Crippen MR) is 123 cm³/mol. The van der Waals surface area contributed by atoms with E-state index in [0.29, 0.717) is 36.4 Å². The number of hydrogen-bond donors (Lipinski definition) is 0. The van der Waals surface area contributed by atoms with E-state index in [0.717, 1.165) is 48.7 Å². The molecule has 4 aromatic rings. The van der Waals surface area contributed by atoms with Gasteiger partial charge in [0.15, 0.2) is 5.82 Å². The van der Waals surface area contributed by atoms with Gasteiger partial charge in [0.1, 0.15) is 0 Å². The van der Waals surface area contributed by atoms with Crippen molar-refractivity contribution in [2.75, 3.05) is 32.7 Å². The number of thiophene rings is 1. The van der Waals surface area contributed by atoms with Gasteiger partial charge in [0.05, 0.1) is 11.3 Å². The highest BCUT2D eigenvalue weighted by atomic mass is 32.1. The molecule has 0 aliphatic carbocycles. The molecular formula is C22H26N8O2S. The van der Waals surface area contributed by atoms with Gasteiger partial charge < -0.3 is 9.42 Å². The Balaban J connectivity index is 1.07. The molecule has 172 valence electrons. The van der Waals surface area contributed by atoms with E-state index >= 15 is 0 Å². The third kappa shape index (κ3) is 4.93. The molecule has 33 heavy (non-hydrogen) atoms. The van der Waals surface area contributed by atoms with Gasteiger partial charge in [-0.1, -0.05) is 11.2 Å². The molecule has 0 unspecified atom stereocenters. The summed E-state index contributed by atoms with van der Waals surface area (Å²) >= 11 is 1.60. The Morgan fingerprint density at radius 2 is 2.00 bits per heavy atom. The van der Waals surface area contributed by atoms with E-state index in [2.05, 4.69) is 30.1 Å². The second-order valence-corrected chi connectivity index (χ2v) is 9.22. The highest BCUT2D eigenvalue weighted by molar-refractivity contribution is 7.13. The van der Waals surface area contributed by atoms with E-state index in [1.165, 1.54) is 0 Å². The summed E-state index contributed by atoms with van der Waals surface area (Å²) in [6.07, 6.45) is 1.90. The standard InChI is InChI=1S/C22H26N8O2S/c1-15-13-16(2)30-22(23-15)24-18(26-30)14-20(31)29-10-8-28(9-11-29)7-3-6-19-25-21(27-32-19)17-5-4-12-33-17/h4-5,12-13H,3,6-11,14H2,1-2H3. The van der Waals surface area contributed by atoms with Crippen molar-refractivity contribution in [3.8, 4) is 10.7 Å². The van der Waals surface area contributed by atoms with Crippen molar-refractivity contribution in [1.29, 1.82) is 0 Å². The Bertz CT molecular complexity index is 1240. The molecule has 0 atom stereocenters. The third-order valence-electron chi connectivity index (χ3n) is 5.77. The van der Waals surface area contributed by atoms with Gasteiger partial charge in [-0.05, 0) is 44.3 Å². The number of carbonyl (C=O) groups excluding carboxylic acids is 1. The maximum Gasteiger partial charge on any atom is 0.252 e. The second kappa shape index (κ2) is 9.36. The summed E-state index contributed by atoms with van der Waals surface area (Å²) in [5.41, 5.74) is 1.85. The fourth-order valence-corrected chi connectivity index (χ4v) is 4.72. The van der Waals surface area contributed by atoms with Crippen LogP contribution in [-0.4, -0.2) is 78.2 Å². The number of fused-ring (bicyclic) bond motifs is 1. The minimum absolute atomic E-state index is 0.0619. The summed E-state index contributed by atoms with van der Waals surface area (Å²) in [6, 6.07) is 5.92. The number of aryl methyl sites for hydroxylation is 3. The van der Waals surface area contributed by atoms with Crippen LogP contribution in [0.3, 0.4) is 0 Å². The molecule has 0 N–H and O–H groups in total. The van der Waals surface area contributed by atoms with Crippen molar-refractivity contribution in [3.63, 3.8) is 0 Å². The smallest absolute Gasteiger partial charge is 0.252 e. The van der Waals surface area contributed by atoms with Crippen LogP contribution in [0.4, 0.5) is 0 Å². The van der Waals surface area contributed by atoms with Gasteiger partial charge in [-0.2, -0.15) is 9.97 Å². The molecule has 4 aromatic heterocycles. The van der Waals surface area contributed by atoms with Gasteiger partial charge in [-0.3, -0.25) is 9.69 Å². The van der Waals surface area contributed by atoms with Crippen LogP contribution < -0.4 is 0 Å². The molecule has 0 radical (unpaired) electrons. The first-order valence-electron chi connectivity index (χ1n) is 11.1. The first kappa shape index (κ1) is 21.7. The molecule has 10 nitrogen and oxygen atoms in total. The van der Waals surface area contributed by atoms with E-state index < -0.39 is 0 Å². The maximum atomic E-state index is 12.8. The summed E-state index contributed by atoms with van der Waals surface area (Å²) in [6.45, 7) is 7.97. The third-order valence-corrected chi connectivity index (χ3v) is 6.64. The lowest BCUT2D eigenvalue weighted by molar-refractivity contribution is -0.132. The molecule has 0 saturated carbocycles. The average Bonchev–Trinajstić information content (AvgIpc) is 3.55. The van der Waals surface area contributed by atoms with Crippen molar-refractivity contribution >= 4 is 23.0 Å². The Morgan fingerprint density at radius 1 is 1.15 bits per heavy atom. The van der Waals surface area contributed by atoms with Gasteiger partial charge >= 0.3 is 0 Å². The zero-order valence-corrected chi connectivity index (χ0v) is 19.6. The Hall–Kier alpha value is -3.18. The quantitative estimate of drug-likeness (QED) is 0.408. The van der Waals surface area contributed by atoms with E-state index in [-0.39, 0.29) is 12.3 Å². The number of piperazine rings is 1. The van der Waals surface area contributed by atoms with Crippen molar-refractivity contribution in [2.45, 2.75) is 33.1 Å². The SMILES string of the molecule is Cc1cc(C)n2nc(CC(=O)N3CCN(CCCc4nc(-c5cccs5)no4)CC3)nc2n1. The lowest BCUT2D eigenvalue weighted by Crippen LogP contribution is -2.49. The van der Waals surface area contributed by atoms with Crippen LogP contribution >= 0.6 is 11.3 Å². The lowest BCUT2D eigenvalue weighted by atomic mass is 10.2. The number of hydrogen-bond acceptors (Lipinski definition) is 9. The van der Waals surface area contributed by atoms with E-state index in [1.54, 1.807) is 15.9 Å². The summed E-state index contributed by atoms with van der Waals surface area (Å²) in [5.74, 6) is 2.46. The van der Waals surface area contributed by atoms with E-state index in [1.807, 2.05) is 42.3 Å². The predicted octanol–water partition coefficient (Wildman–Crippen LogP) is 2.17. The van der Waals surface area contributed by atoms with Crippen molar-refractivity contribution in [1.82, 2.24) is 39.5 Å². The van der Waals surface area contributed by atoms with Gasteiger partial charge in [-0.25, -0.2) is 9.50 Å². The monoisotopic (exact) mass is 466 g/mol. The van der Waals surface area contributed by atoms with Crippen LogP contribution in [-0.2, 0) is 17.6 Å². The van der Waals surface area contributed by atoms with Crippen molar-refractivity contribution in [3.05, 3.63) is 46.7 Å². The lowest BCUT2D eigenvalue weighted by Gasteiger charge is -2.34. The Morgan fingerprint density at radius 3 is 2.79 bits per heavy atom. The fraction of sp³-hybridized carbons (Fsp3) is 0.455. The molecule has 0 spiro atoms. The molecule has 1 saturated heterocycles. The molecule has 11 heteroatoms. The zero-order chi connectivity index (χ0) is 22.8. The number of aromatic nitrogens is 6. The van der Waals surface area contributed by atoms with E-state index in [9.17, 15) is 4.79 Å². The first-order chi connectivity index (χ1) is 16.0. The van der Waals surface area contributed by atoms with Crippen LogP contribution in [0, 0.1) is 13.8 Å². The summed E-state index contributed by atoms with van der Waals surface area (Å²) < 4.78 is 7.07. The largest absolute Gasteiger partial charge is 0.340 e. The minimum Gasteiger partial charge on any atom is -0.340 e. The summed E-state index contributed by atoms with van der Waals surface area (Å²) in [4.78, 5) is 31.4. The topological polar surface area (TPSA) is 106 Å². The fourth-order valence-electron chi connectivity index (χ4n) is 4.07. The minimum atomic E-state index is 0.0619. The van der Waals surface area contributed by atoms with Crippen LogP contribution in [0.2, 0.25) is 0 Å². The van der Waals surface area contributed by atoms with E-state index in [4.69, 9.17) is 4.52 Å². The van der Waals surface area contributed by atoms with Gasteiger partial charge in [0.25, 0.3) is 5.78 Å². The van der Waals surface area contributed by atoms with Crippen LogP contribution in [0.5, 0.6) is 0 Å². The summed E-state index contributed by atoms with van der Waals surface area (Å²) in [5, 5.41) is 10.5. The number of nitrogens with zero attached hydrogens (tertiary/aromatic N) is 8. The van der Waals surface area contributed by atoms with Crippen molar-refractivity contribution in [2.24, 2.45) is 0 Å². The Labute approximate surface area is 195 Å². The summed E-state index contributed by atoms with van der Waals surface area (Å²) in [7, 11) is 0. The second-order valence-electron chi connectivity index (χ2n) is 8.27. The average molecular weight is 467 g/mol. The number of rotatable bonds is 7. The maximum absolute atomic E-state index is 12.8. The molecule has 5 heterocycles. The molecular weight excluding hydrogens is 440 g/mol. The molecule has 0 aromatic carbocycles. The van der Waals surface area contributed by atoms with Gasteiger partial charge in [0, 0.05) is 44.0 Å². The zero-order valence-electron chi connectivity index (χ0n) is 18.8. The van der Waals surface area contributed by atoms with Crippen molar-refractivity contribution < 1.29 is 9.32 Å². The normalized spacial score (nSPS) is 14.9. The molecule has 5 rings (SSSR count).